The monoisotopic (exact) mass is 426 g/mol. The maximum Gasteiger partial charge on any atom is 0.284 e. The number of nitrogens with zero attached hydrogens (tertiary/aromatic N) is 4. The third kappa shape index (κ3) is 3.89. The first-order valence-corrected chi connectivity index (χ1v) is 11.2. The number of hydrogen-bond donors (Lipinski definition) is 1. The molecule has 1 aliphatic carbocycles. The zero-order valence-electron chi connectivity index (χ0n) is 17.2. The van der Waals surface area contributed by atoms with Crippen molar-refractivity contribution in [3.8, 4) is 5.88 Å². The van der Waals surface area contributed by atoms with Gasteiger partial charge >= 0.3 is 0 Å². The molecule has 2 heterocycles. The smallest absolute Gasteiger partial charge is 0.284 e. The van der Waals surface area contributed by atoms with Crippen LogP contribution in [0.1, 0.15) is 42.1 Å². The molecule has 1 aliphatic rings. The fourth-order valence-electron chi connectivity index (χ4n) is 3.49. The Hall–Kier alpha value is -2.94. The number of rotatable bonds is 6. The molecule has 3 aromatic rings. The molecule has 0 amide bonds. The molecule has 1 N–H and O–H groups in total. The molecule has 0 spiro atoms. The predicted octanol–water partition coefficient (Wildman–Crippen LogP) is 3.75. The van der Waals surface area contributed by atoms with Gasteiger partial charge in [0.15, 0.2) is 5.82 Å². The average Bonchev–Trinajstić information content (AvgIpc) is 3.40. The molecule has 1 radical (unpaired) electrons. The van der Waals surface area contributed by atoms with Gasteiger partial charge in [-0.05, 0) is 51.7 Å². The summed E-state index contributed by atoms with van der Waals surface area (Å²) in [6, 6.07) is 8.53. The molecule has 0 saturated heterocycles. The Morgan fingerprint density at radius 3 is 2.60 bits per heavy atom. The molecule has 0 bridgehead atoms. The van der Waals surface area contributed by atoms with Crippen molar-refractivity contribution in [3.63, 3.8) is 0 Å². The summed E-state index contributed by atoms with van der Waals surface area (Å²) in [7, 11) is -2.36. The Morgan fingerprint density at radius 2 is 1.97 bits per heavy atom. The Bertz CT molecular complexity index is 1150. The zero-order valence-corrected chi connectivity index (χ0v) is 18.0. The van der Waals surface area contributed by atoms with Gasteiger partial charge in [0.1, 0.15) is 5.82 Å². The fourth-order valence-corrected chi connectivity index (χ4v) is 4.73. The van der Waals surface area contributed by atoms with Crippen LogP contribution in [0.5, 0.6) is 5.88 Å². The van der Waals surface area contributed by atoms with Crippen molar-refractivity contribution in [1.29, 1.82) is 0 Å². The Morgan fingerprint density at radius 1 is 1.20 bits per heavy atom. The summed E-state index contributed by atoms with van der Waals surface area (Å²) in [5.74, 6) is 1.38. The Kier molecular flexibility index (Phi) is 5.46. The molecular weight excluding hydrogens is 402 g/mol. The summed E-state index contributed by atoms with van der Waals surface area (Å²) in [6.45, 7) is 3.69. The number of aryl methyl sites for hydroxylation is 2. The van der Waals surface area contributed by atoms with Crippen molar-refractivity contribution in [3.05, 3.63) is 59.9 Å². The van der Waals surface area contributed by atoms with Gasteiger partial charge in [-0.2, -0.15) is 13.5 Å². The highest BCUT2D eigenvalue weighted by atomic mass is 32.2. The predicted molar refractivity (Wildman–Crippen MR) is 113 cm³/mol. The first-order chi connectivity index (χ1) is 14.4. The van der Waals surface area contributed by atoms with Gasteiger partial charge in [-0.15, -0.1) is 4.09 Å². The van der Waals surface area contributed by atoms with Gasteiger partial charge in [-0.3, -0.25) is 0 Å². The second kappa shape index (κ2) is 8.06. The van der Waals surface area contributed by atoms with Crippen LogP contribution >= 0.6 is 0 Å². The van der Waals surface area contributed by atoms with E-state index in [1.165, 1.54) is 13.3 Å². The van der Waals surface area contributed by atoms with Gasteiger partial charge < -0.3 is 10.1 Å². The van der Waals surface area contributed by atoms with Crippen molar-refractivity contribution < 1.29 is 13.2 Å². The lowest BCUT2D eigenvalue weighted by Gasteiger charge is -2.12. The summed E-state index contributed by atoms with van der Waals surface area (Å²) < 4.78 is 32.9. The Labute approximate surface area is 176 Å². The van der Waals surface area contributed by atoms with E-state index in [1.807, 2.05) is 6.92 Å². The van der Waals surface area contributed by atoms with Gasteiger partial charge in [0, 0.05) is 12.0 Å². The van der Waals surface area contributed by atoms with Crippen molar-refractivity contribution in [1.82, 2.24) is 19.2 Å². The average molecular weight is 427 g/mol. The van der Waals surface area contributed by atoms with Crippen molar-refractivity contribution in [2.24, 2.45) is 0 Å². The first-order valence-electron chi connectivity index (χ1n) is 9.77. The maximum atomic E-state index is 13.4. The topological polar surface area (TPSA) is 99.0 Å². The van der Waals surface area contributed by atoms with E-state index in [4.69, 9.17) is 4.74 Å². The molecule has 1 atom stereocenters. The normalized spacial score (nSPS) is 14.8. The van der Waals surface area contributed by atoms with Gasteiger partial charge in [-0.1, -0.05) is 17.7 Å². The summed E-state index contributed by atoms with van der Waals surface area (Å²) in [5.41, 5.74) is 2.32. The van der Waals surface area contributed by atoms with E-state index in [2.05, 4.69) is 26.8 Å². The molecule has 0 unspecified atom stereocenters. The molecule has 2 aromatic heterocycles. The van der Waals surface area contributed by atoms with Crippen LogP contribution in [0.2, 0.25) is 0 Å². The highest BCUT2D eigenvalue weighted by Gasteiger charge is 2.27. The number of aromatic nitrogens is 4. The van der Waals surface area contributed by atoms with Crippen molar-refractivity contribution in [2.45, 2.75) is 43.9 Å². The van der Waals surface area contributed by atoms with Gasteiger partial charge in [0.2, 0.25) is 5.88 Å². The van der Waals surface area contributed by atoms with Crippen LogP contribution in [0.15, 0.2) is 41.4 Å². The lowest BCUT2D eigenvalue weighted by molar-refractivity contribution is 0.395. The van der Waals surface area contributed by atoms with E-state index in [0.29, 0.717) is 23.2 Å². The lowest BCUT2D eigenvalue weighted by atomic mass is 10.0. The van der Waals surface area contributed by atoms with Crippen LogP contribution in [0.25, 0.3) is 0 Å². The van der Waals surface area contributed by atoms with Crippen LogP contribution in [0.3, 0.4) is 0 Å². The highest BCUT2D eigenvalue weighted by molar-refractivity contribution is 7.90. The minimum Gasteiger partial charge on any atom is -0.480 e. The van der Waals surface area contributed by atoms with Crippen LogP contribution in [0.4, 0.5) is 11.6 Å². The number of methoxy groups -OCH3 is 1. The van der Waals surface area contributed by atoms with Crippen LogP contribution in [-0.2, 0) is 10.0 Å². The summed E-state index contributed by atoms with van der Waals surface area (Å²) in [4.78, 5) is 8.80. The number of nitrogens with one attached hydrogen (secondary N) is 1. The molecule has 157 valence electrons. The second-order valence-corrected chi connectivity index (χ2v) is 9.15. The molecule has 1 fully saturated rings. The lowest BCUT2D eigenvalue weighted by Crippen LogP contribution is -2.17. The molecule has 30 heavy (non-hydrogen) atoms. The summed E-state index contributed by atoms with van der Waals surface area (Å²) >= 11 is 0. The van der Waals surface area contributed by atoms with Crippen molar-refractivity contribution >= 4 is 21.7 Å². The second-order valence-electron chi connectivity index (χ2n) is 7.39. The van der Waals surface area contributed by atoms with E-state index < -0.39 is 10.0 Å². The minimum absolute atomic E-state index is 0.182. The molecule has 0 aliphatic heterocycles. The van der Waals surface area contributed by atoms with E-state index in [-0.39, 0.29) is 10.8 Å². The van der Waals surface area contributed by atoms with Crippen molar-refractivity contribution in [2.75, 3.05) is 12.4 Å². The number of anilines is 2. The van der Waals surface area contributed by atoms with E-state index in [0.717, 1.165) is 34.6 Å². The molecule has 8 nitrogen and oxygen atoms in total. The van der Waals surface area contributed by atoms with Gasteiger partial charge in [0.05, 0.1) is 29.6 Å². The number of benzene rings is 1. The highest BCUT2D eigenvalue weighted by Crippen LogP contribution is 2.35. The van der Waals surface area contributed by atoms with Crippen LogP contribution in [-0.4, -0.2) is 34.7 Å². The summed E-state index contributed by atoms with van der Waals surface area (Å²) in [6.07, 6.45) is 6.56. The van der Waals surface area contributed by atoms with E-state index in [1.54, 1.807) is 37.3 Å². The molecular formula is C21H24N5O3S. The van der Waals surface area contributed by atoms with Gasteiger partial charge in [0.25, 0.3) is 10.0 Å². The third-order valence-electron chi connectivity index (χ3n) is 5.21. The molecule has 4 rings (SSSR count). The summed E-state index contributed by atoms with van der Waals surface area (Å²) in [5, 5.41) is 7.60. The Balaban J connectivity index is 1.77. The number of hydrogen-bond acceptors (Lipinski definition) is 7. The number of ether oxygens (including phenoxy) is 1. The largest absolute Gasteiger partial charge is 0.480 e. The quantitative estimate of drug-likeness (QED) is 0.641. The third-order valence-corrected chi connectivity index (χ3v) is 6.81. The van der Waals surface area contributed by atoms with Crippen LogP contribution in [0, 0.1) is 20.3 Å². The molecule has 9 heteroatoms. The van der Waals surface area contributed by atoms with E-state index in [9.17, 15) is 8.42 Å². The van der Waals surface area contributed by atoms with E-state index >= 15 is 0 Å². The van der Waals surface area contributed by atoms with Gasteiger partial charge in [-0.25, -0.2) is 9.97 Å². The standard InChI is InChI=1S/C21H24N5O3S/c1-14-8-10-17(11-9-14)30(27,28)26-19(12-18(25-26)16-6-4-5-7-16)24-21-15(2)23-20(29-3)13-22-21/h4,8-13,16H,5-7H2,1-3H3,(H,22,24)/t16-/m0/s1. The molecule has 1 aromatic carbocycles. The maximum absolute atomic E-state index is 13.4. The van der Waals surface area contributed by atoms with Crippen LogP contribution < -0.4 is 10.1 Å². The first kappa shape index (κ1) is 20.3. The molecule has 1 saturated carbocycles. The zero-order chi connectivity index (χ0) is 21.3. The minimum atomic E-state index is -3.88. The fraction of sp³-hybridized carbons (Fsp3) is 0.333. The SMILES string of the molecule is COc1cnc(Nc2cc([C@H]3C[CH]CC3)nn2S(=O)(=O)c2ccc(C)cc2)c(C)n1.